The molecular weight excluding hydrogens is 402 g/mol. The molecule has 2 aromatic heterocycles. The van der Waals surface area contributed by atoms with Crippen LogP contribution >= 0.6 is 11.8 Å². The lowest BCUT2D eigenvalue weighted by atomic mass is 10.2. The molecule has 0 spiro atoms. The Labute approximate surface area is 180 Å². The van der Waals surface area contributed by atoms with Gasteiger partial charge >= 0.3 is 5.97 Å². The Morgan fingerprint density at radius 1 is 1.20 bits per heavy atom. The fourth-order valence-electron chi connectivity index (χ4n) is 3.16. The first-order valence-electron chi connectivity index (χ1n) is 9.55. The van der Waals surface area contributed by atoms with Gasteiger partial charge in [0, 0.05) is 17.6 Å². The summed E-state index contributed by atoms with van der Waals surface area (Å²) < 4.78 is 7.22. The number of carbonyl (C=O) groups excluding carboxylic acids is 3. The van der Waals surface area contributed by atoms with Crippen LogP contribution in [0.3, 0.4) is 0 Å². The van der Waals surface area contributed by atoms with Gasteiger partial charge < -0.3 is 9.30 Å². The molecule has 7 nitrogen and oxygen atoms in total. The number of carbonyl (C=O) groups is 3. The van der Waals surface area contributed by atoms with Gasteiger partial charge in [0.25, 0.3) is 11.1 Å². The number of thioether (sulfide) groups is 1. The van der Waals surface area contributed by atoms with Crippen molar-refractivity contribution in [3.05, 3.63) is 51.8 Å². The number of amides is 2. The van der Waals surface area contributed by atoms with Gasteiger partial charge in [-0.25, -0.2) is 4.98 Å². The molecule has 158 valence electrons. The maximum absolute atomic E-state index is 12.7. The van der Waals surface area contributed by atoms with Crippen LogP contribution in [-0.2, 0) is 14.3 Å². The highest BCUT2D eigenvalue weighted by Gasteiger charge is 2.37. The van der Waals surface area contributed by atoms with Crippen molar-refractivity contribution in [3.63, 3.8) is 0 Å². The summed E-state index contributed by atoms with van der Waals surface area (Å²) in [7, 11) is 0. The van der Waals surface area contributed by atoms with E-state index in [1.165, 1.54) is 0 Å². The number of rotatable bonds is 4. The molecule has 0 radical (unpaired) electrons. The second kappa shape index (κ2) is 8.10. The number of esters is 1. The fraction of sp³-hybridized carbons (Fsp3) is 0.364. The number of ether oxygens (including phenoxy) is 1. The summed E-state index contributed by atoms with van der Waals surface area (Å²) in [6, 6.07) is 5.87. The van der Waals surface area contributed by atoms with E-state index in [1.54, 1.807) is 33.0 Å². The minimum absolute atomic E-state index is 0.278. The first kappa shape index (κ1) is 21.8. The number of aryl methyl sites for hydroxylation is 2. The van der Waals surface area contributed by atoms with E-state index in [4.69, 9.17) is 4.74 Å². The first-order valence-corrected chi connectivity index (χ1v) is 10.4. The molecule has 0 unspecified atom stereocenters. The molecule has 0 saturated carbocycles. The molecule has 1 aliphatic rings. The Hall–Kier alpha value is -2.87. The number of hydrogen-bond donors (Lipinski definition) is 0. The van der Waals surface area contributed by atoms with Crippen LogP contribution in [0.25, 0.3) is 11.9 Å². The number of nitrogens with zero attached hydrogens (tertiary/aromatic N) is 3. The molecule has 1 fully saturated rings. The highest BCUT2D eigenvalue weighted by Crippen LogP contribution is 2.33. The minimum atomic E-state index is -0.684. The van der Waals surface area contributed by atoms with Crippen molar-refractivity contribution >= 4 is 35.0 Å². The minimum Gasteiger partial charge on any atom is -0.459 e. The van der Waals surface area contributed by atoms with Crippen molar-refractivity contribution in [2.45, 2.75) is 47.1 Å². The molecule has 0 atom stereocenters. The second-order valence-electron chi connectivity index (χ2n) is 8.21. The third kappa shape index (κ3) is 4.64. The lowest BCUT2D eigenvalue weighted by Crippen LogP contribution is -2.37. The lowest BCUT2D eigenvalue weighted by molar-refractivity contribution is -0.156. The average Bonchev–Trinajstić information content (AvgIpc) is 3.05. The summed E-state index contributed by atoms with van der Waals surface area (Å²) in [5.74, 6) is -0.322. The van der Waals surface area contributed by atoms with Crippen molar-refractivity contribution < 1.29 is 19.1 Å². The number of pyridine rings is 1. The van der Waals surface area contributed by atoms with Gasteiger partial charge in [-0.15, -0.1) is 0 Å². The van der Waals surface area contributed by atoms with Crippen molar-refractivity contribution in [2.24, 2.45) is 0 Å². The molecule has 8 heteroatoms. The van der Waals surface area contributed by atoms with Crippen LogP contribution in [0.2, 0.25) is 0 Å². The Morgan fingerprint density at radius 3 is 2.50 bits per heavy atom. The van der Waals surface area contributed by atoms with E-state index < -0.39 is 29.3 Å². The highest BCUT2D eigenvalue weighted by atomic mass is 32.2. The van der Waals surface area contributed by atoms with E-state index >= 15 is 0 Å². The fourth-order valence-corrected chi connectivity index (χ4v) is 3.99. The van der Waals surface area contributed by atoms with Crippen LogP contribution < -0.4 is 0 Å². The van der Waals surface area contributed by atoms with Gasteiger partial charge in [0.15, 0.2) is 0 Å². The predicted octanol–water partition coefficient (Wildman–Crippen LogP) is 4.18. The zero-order chi connectivity index (χ0) is 22.2. The molecule has 3 heterocycles. The van der Waals surface area contributed by atoms with Crippen LogP contribution in [0.4, 0.5) is 4.79 Å². The van der Waals surface area contributed by atoms with Crippen LogP contribution in [0.1, 0.15) is 43.3 Å². The Balaban J connectivity index is 1.85. The normalized spacial score (nSPS) is 15.9. The average molecular weight is 428 g/mol. The smallest absolute Gasteiger partial charge is 0.326 e. The molecule has 0 aromatic carbocycles. The molecule has 2 amide bonds. The largest absolute Gasteiger partial charge is 0.459 e. The van der Waals surface area contributed by atoms with E-state index in [1.807, 2.05) is 43.5 Å². The monoisotopic (exact) mass is 427 g/mol. The lowest BCUT2D eigenvalue weighted by Gasteiger charge is -2.21. The molecular formula is C22H25N3O4S. The van der Waals surface area contributed by atoms with Gasteiger partial charge in [0.1, 0.15) is 18.0 Å². The zero-order valence-electron chi connectivity index (χ0n) is 18.0. The Bertz CT molecular complexity index is 1050. The van der Waals surface area contributed by atoms with Crippen molar-refractivity contribution in [1.82, 2.24) is 14.5 Å². The Kier molecular flexibility index (Phi) is 5.90. The van der Waals surface area contributed by atoms with Crippen LogP contribution in [0.5, 0.6) is 0 Å². The van der Waals surface area contributed by atoms with Gasteiger partial charge in [-0.2, -0.15) is 0 Å². The summed E-state index contributed by atoms with van der Waals surface area (Å²) in [6.07, 6.45) is 3.49. The third-order valence-electron chi connectivity index (χ3n) is 4.46. The SMILES string of the molecule is Cc1ccc(-n2c(C)cc(/C=C3/SC(=O)N(CC(=O)OC(C)(C)C)C3=O)c2C)nc1. The van der Waals surface area contributed by atoms with E-state index in [-0.39, 0.29) is 4.91 Å². The summed E-state index contributed by atoms with van der Waals surface area (Å²) in [6.45, 7) is 10.7. The van der Waals surface area contributed by atoms with Gasteiger partial charge in [0.05, 0.1) is 4.91 Å². The highest BCUT2D eigenvalue weighted by molar-refractivity contribution is 8.18. The quantitative estimate of drug-likeness (QED) is 0.538. The molecule has 1 aliphatic heterocycles. The summed E-state index contributed by atoms with van der Waals surface area (Å²) >= 11 is 0.824. The van der Waals surface area contributed by atoms with E-state index in [9.17, 15) is 14.4 Å². The van der Waals surface area contributed by atoms with Gasteiger partial charge in [0.2, 0.25) is 0 Å². The van der Waals surface area contributed by atoms with Crippen LogP contribution in [0, 0.1) is 20.8 Å². The number of aromatic nitrogens is 2. The van der Waals surface area contributed by atoms with Gasteiger partial charge in [-0.05, 0) is 82.6 Å². The molecule has 30 heavy (non-hydrogen) atoms. The Morgan fingerprint density at radius 2 is 1.90 bits per heavy atom. The molecule has 1 saturated heterocycles. The first-order chi connectivity index (χ1) is 14.0. The summed E-state index contributed by atoms with van der Waals surface area (Å²) in [5, 5.41) is -0.480. The molecule has 0 aliphatic carbocycles. The standard InChI is InChI=1S/C22H25N3O4S/c1-13-7-8-18(23-11-13)25-14(2)9-16(15(25)3)10-17-20(27)24(21(28)30-17)12-19(26)29-22(4,5)6/h7-11H,12H2,1-6H3/b17-10+. The molecule has 0 N–H and O–H groups in total. The maximum Gasteiger partial charge on any atom is 0.326 e. The second-order valence-corrected chi connectivity index (χ2v) is 9.20. The maximum atomic E-state index is 12.7. The van der Waals surface area contributed by atoms with Crippen molar-refractivity contribution in [3.8, 4) is 5.82 Å². The number of hydrogen-bond acceptors (Lipinski definition) is 6. The van der Waals surface area contributed by atoms with E-state index in [2.05, 4.69) is 4.98 Å². The molecule has 0 bridgehead atoms. The van der Waals surface area contributed by atoms with E-state index in [0.717, 1.165) is 45.0 Å². The van der Waals surface area contributed by atoms with Crippen LogP contribution in [-0.4, -0.2) is 43.7 Å². The van der Waals surface area contributed by atoms with E-state index in [0.29, 0.717) is 0 Å². The zero-order valence-corrected chi connectivity index (χ0v) is 18.8. The summed E-state index contributed by atoms with van der Waals surface area (Å²) in [5.41, 5.74) is 3.07. The third-order valence-corrected chi connectivity index (χ3v) is 5.37. The summed E-state index contributed by atoms with van der Waals surface area (Å²) in [4.78, 5) is 42.7. The van der Waals surface area contributed by atoms with Crippen LogP contribution in [0.15, 0.2) is 29.3 Å². The molecule has 3 rings (SSSR count). The number of imide groups is 1. The van der Waals surface area contributed by atoms with Gasteiger partial charge in [-0.3, -0.25) is 19.3 Å². The predicted molar refractivity (Wildman–Crippen MR) is 116 cm³/mol. The van der Waals surface area contributed by atoms with Crippen molar-refractivity contribution in [1.29, 1.82) is 0 Å². The topological polar surface area (TPSA) is 81.5 Å². The van der Waals surface area contributed by atoms with Gasteiger partial charge in [-0.1, -0.05) is 6.07 Å². The van der Waals surface area contributed by atoms with Crippen molar-refractivity contribution in [2.75, 3.05) is 6.54 Å². The molecule has 2 aromatic rings.